The van der Waals surface area contributed by atoms with Crippen molar-refractivity contribution in [3.63, 3.8) is 0 Å². The first-order valence-electron chi connectivity index (χ1n) is 10.7. The van der Waals surface area contributed by atoms with Gasteiger partial charge in [0.2, 0.25) is 11.9 Å². The molecule has 1 aliphatic carbocycles. The molecule has 2 aromatic carbocycles. The Labute approximate surface area is 187 Å². The normalized spacial score (nSPS) is 21.3. The van der Waals surface area contributed by atoms with Gasteiger partial charge in [-0.15, -0.1) is 0 Å². The van der Waals surface area contributed by atoms with E-state index < -0.39 is 24.0 Å². The quantitative estimate of drug-likeness (QED) is 0.280. The van der Waals surface area contributed by atoms with Gasteiger partial charge in [0.1, 0.15) is 12.3 Å². The van der Waals surface area contributed by atoms with E-state index in [0.717, 1.165) is 17.7 Å². The van der Waals surface area contributed by atoms with Gasteiger partial charge in [-0.1, -0.05) is 30.3 Å². The molecule has 10 heteroatoms. The van der Waals surface area contributed by atoms with Gasteiger partial charge in [0, 0.05) is 12.1 Å². The monoisotopic (exact) mass is 446 g/mol. The summed E-state index contributed by atoms with van der Waals surface area (Å²) >= 11 is 0. The Hall–Kier alpha value is -3.73. The van der Waals surface area contributed by atoms with Crippen LogP contribution in [0.5, 0.6) is 0 Å². The molecule has 4 aromatic rings. The average molecular weight is 446 g/mol. The van der Waals surface area contributed by atoms with Gasteiger partial charge in [0.05, 0.1) is 12.7 Å². The molecule has 1 aliphatic heterocycles. The number of anilines is 3. The number of imidazole rings is 1. The molecule has 3 heterocycles. The second kappa shape index (κ2) is 7.41. The summed E-state index contributed by atoms with van der Waals surface area (Å²) < 4.78 is 7.46. The first-order chi connectivity index (χ1) is 16.0. The molecule has 0 amide bonds. The van der Waals surface area contributed by atoms with Crippen molar-refractivity contribution >= 4 is 28.7 Å². The molecule has 1 fully saturated rings. The average Bonchev–Trinajstić information content (AvgIpc) is 3.46. The lowest BCUT2D eigenvalue weighted by atomic mass is 10.1. The predicted octanol–water partition coefficient (Wildman–Crippen LogP) is 1.66. The van der Waals surface area contributed by atoms with Crippen LogP contribution in [0.2, 0.25) is 0 Å². The number of aliphatic hydroxyl groups is 2. The van der Waals surface area contributed by atoms with E-state index in [1.54, 1.807) is 4.57 Å². The van der Waals surface area contributed by atoms with E-state index in [0.29, 0.717) is 5.95 Å². The molecule has 3 atom stereocenters. The van der Waals surface area contributed by atoms with Crippen molar-refractivity contribution < 1.29 is 14.9 Å². The number of nitrogen functional groups attached to an aromatic ring is 1. The van der Waals surface area contributed by atoms with E-state index in [4.69, 9.17) is 10.5 Å². The molecule has 0 spiro atoms. The van der Waals surface area contributed by atoms with Crippen LogP contribution in [0.15, 0.2) is 47.3 Å². The first-order valence-corrected chi connectivity index (χ1v) is 10.7. The largest absolute Gasteiger partial charge is 0.394 e. The molecule has 33 heavy (non-hydrogen) atoms. The standard InChI is InChI=1S/C23H22N6O4/c24-22-27-20-19(21(32)28-22)26-23(29(20)18-9-16(31)17(10-30)33-18)25-13-6-5-12-7-11-3-1-2-4-14(11)15(12)8-13/h1-6,8,16-18,30-31H,7,9-10H2,(H,25,26)(H3,24,27,28,32)/t16-,17+,18+/m0/s1. The highest BCUT2D eigenvalue weighted by Crippen LogP contribution is 2.39. The summed E-state index contributed by atoms with van der Waals surface area (Å²) in [5.74, 6) is 0.280. The number of nitrogens with zero attached hydrogens (tertiary/aromatic N) is 3. The van der Waals surface area contributed by atoms with Crippen LogP contribution in [0.3, 0.4) is 0 Å². The Morgan fingerprint density at radius 1 is 1.18 bits per heavy atom. The molecule has 0 radical (unpaired) electrons. The van der Waals surface area contributed by atoms with Gasteiger partial charge >= 0.3 is 0 Å². The molecule has 0 unspecified atom stereocenters. The smallest absolute Gasteiger partial charge is 0.280 e. The molecule has 2 aromatic heterocycles. The van der Waals surface area contributed by atoms with Gasteiger partial charge in [-0.3, -0.25) is 14.3 Å². The fourth-order valence-corrected chi connectivity index (χ4v) is 4.73. The van der Waals surface area contributed by atoms with Gasteiger partial charge in [-0.2, -0.15) is 4.98 Å². The zero-order valence-corrected chi connectivity index (χ0v) is 17.5. The van der Waals surface area contributed by atoms with Crippen molar-refractivity contribution in [2.45, 2.75) is 31.3 Å². The summed E-state index contributed by atoms with van der Waals surface area (Å²) in [7, 11) is 0. The van der Waals surface area contributed by atoms with Gasteiger partial charge < -0.3 is 26.0 Å². The van der Waals surface area contributed by atoms with Gasteiger partial charge in [-0.05, 0) is 40.8 Å². The molecule has 0 saturated carbocycles. The summed E-state index contributed by atoms with van der Waals surface area (Å²) in [6, 6.07) is 14.4. The van der Waals surface area contributed by atoms with Crippen LogP contribution >= 0.6 is 0 Å². The lowest BCUT2D eigenvalue weighted by molar-refractivity contribution is -0.0425. The minimum absolute atomic E-state index is 0.0495. The van der Waals surface area contributed by atoms with E-state index in [1.165, 1.54) is 16.7 Å². The number of hydrogen-bond acceptors (Lipinski definition) is 8. The summed E-state index contributed by atoms with van der Waals surface area (Å²) in [5.41, 5.74) is 11.3. The van der Waals surface area contributed by atoms with Crippen molar-refractivity contribution in [1.29, 1.82) is 0 Å². The van der Waals surface area contributed by atoms with E-state index >= 15 is 0 Å². The van der Waals surface area contributed by atoms with Gasteiger partial charge in [-0.25, -0.2) is 4.98 Å². The maximum Gasteiger partial charge on any atom is 0.280 e. The third-order valence-corrected chi connectivity index (χ3v) is 6.30. The number of hydrogen-bond donors (Lipinski definition) is 5. The Balaban J connectivity index is 1.45. The molecular formula is C23H22N6O4. The molecule has 0 bridgehead atoms. The number of rotatable bonds is 4. The number of aromatic amines is 1. The summed E-state index contributed by atoms with van der Waals surface area (Å²) in [6.07, 6.45) is -1.19. The highest BCUT2D eigenvalue weighted by atomic mass is 16.5. The fraction of sp³-hybridized carbons (Fsp3) is 0.261. The number of H-pyrrole nitrogens is 1. The van der Waals surface area contributed by atoms with Crippen molar-refractivity contribution in [2.24, 2.45) is 0 Å². The minimum atomic E-state index is -0.860. The Bertz CT molecular complexity index is 1440. The second-order valence-corrected chi connectivity index (χ2v) is 8.37. The Morgan fingerprint density at radius 3 is 2.82 bits per heavy atom. The zero-order chi connectivity index (χ0) is 22.7. The molecular weight excluding hydrogens is 424 g/mol. The van der Waals surface area contributed by atoms with E-state index in [-0.39, 0.29) is 30.1 Å². The van der Waals surface area contributed by atoms with E-state index in [1.807, 2.05) is 18.2 Å². The van der Waals surface area contributed by atoms with Crippen LogP contribution < -0.4 is 16.6 Å². The number of fused-ring (bicyclic) bond motifs is 4. The van der Waals surface area contributed by atoms with E-state index in [9.17, 15) is 15.0 Å². The van der Waals surface area contributed by atoms with Crippen LogP contribution in [0.4, 0.5) is 17.6 Å². The number of benzene rings is 2. The van der Waals surface area contributed by atoms with Crippen molar-refractivity contribution in [2.75, 3.05) is 17.7 Å². The Morgan fingerprint density at radius 2 is 2.00 bits per heavy atom. The third-order valence-electron chi connectivity index (χ3n) is 6.30. The lowest BCUT2D eigenvalue weighted by Crippen LogP contribution is -2.24. The molecule has 168 valence electrons. The fourth-order valence-electron chi connectivity index (χ4n) is 4.73. The lowest BCUT2D eigenvalue weighted by Gasteiger charge is -2.17. The van der Waals surface area contributed by atoms with Gasteiger partial charge in [0.25, 0.3) is 5.56 Å². The first kappa shape index (κ1) is 19.9. The molecule has 6 N–H and O–H groups in total. The highest BCUT2D eigenvalue weighted by molar-refractivity contribution is 5.81. The van der Waals surface area contributed by atoms with E-state index in [2.05, 4.69) is 44.5 Å². The molecule has 10 nitrogen and oxygen atoms in total. The maximum absolute atomic E-state index is 12.5. The van der Waals surface area contributed by atoms with Crippen molar-refractivity contribution in [1.82, 2.24) is 19.5 Å². The van der Waals surface area contributed by atoms with Crippen LogP contribution in [0.1, 0.15) is 23.8 Å². The van der Waals surface area contributed by atoms with Crippen molar-refractivity contribution in [3.8, 4) is 11.1 Å². The summed E-state index contributed by atoms with van der Waals surface area (Å²) in [5, 5.41) is 23.1. The highest BCUT2D eigenvalue weighted by Gasteiger charge is 2.37. The zero-order valence-electron chi connectivity index (χ0n) is 17.5. The maximum atomic E-state index is 12.5. The number of nitrogens with two attached hydrogens (primary N) is 1. The number of aromatic nitrogens is 4. The minimum Gasteiger partial charge on any atom is -0.394 e. The van der Waals surface area contributed by atoms with Crippen LogP contribution in [0.25, 0.3) is 22.3 Å². The number of aliphatic hydroxyl groups excluding tert-OH is 2. The molecule has 2 aliphatic rings. The van der Waals surface area contributed by atoms with Crippen molar-refractivity contribution in [3.05, 3.63) is 63.9 Å². The molecule has 6 rings (SSSR count). The number of ether oxygens (including phenoxy) is 1. The SMILES string of the molecule is Nc1nc2c(nc(Nc3ccc4c(c3)-c3ccccc3C4)n2[C@H]2C[C@H](O)[C@@H](CO)O2)c(=O)[nH]1. The summed E-state index contributed by atoms with van der Waals surface area (Å²) in [4.78, 5) is 23.7. The Kier molecular flexibility index (Phi) is 4.47. The van der Waals surface area contributed by atoms with Crippen LogP contribution in [-0.4, -0.2) is 48.5 Å². The second-order valence-electron chi connectivity index (χ2n) is 8.37. The van der Waals surface area contributed by atoms with Crippen LogP contribution in [-0.2, 0) is 11.2 Å². The third kappa shape index (κ3) is 3.18. The predicted molar refractivity (Wildman–Crippen MR) is 122 cm³/mol. The summed E-state index contributed by atoms with van der Waals surface area (Å²) in [6.45, 7) is -0.326. The van der Waals surface area contributed by atoms with Gasteiger partial charge in [0.15, 0.2) is 11.2 Å². The topological polar surface area (TPSA) is 151 Å². The molecule has 1 saturated heterocycles. The number of nitrogens with one attached hydrogen (secondary N) is 2. The van der Waals surface area contributed by atoms with Crippen LogP contribution in [0, 0.1) is 0 Å².